The van der Waals surface area contributed by atoms with Crippen molar-refractivity contribution in [1.29, 1.82) is 0 Å². The van der Waals surface area contributed by atoms with Gasteiger partial charge in [-0.3, -0.25) is 14.5 Å². The Morgan fingerprint density at radius 1 is 1.03 bits per heavy atom. The summed E-state index contributed by atoms with van der Waals surface area (Å²) in [5.41, 5.74) is 3.15. The van der Waals surface area contributed by atoms with E-state index in [0.717, 1.165) is 16.0 Å². The average molecular weight is 433 g/mol. The molecule has 5 rings (SSSR count). The van der Waals surface area contributed by atoms with Crippen molar-refractivity contribution < 1.29 is 24.2 Å². The number of nitrogens with zero attached hydrogens (tertiary/aromatic N) is 1. The molecule has 0 bridgehead atoms. The highest BCUT2D eigenvalue weighted by Gasteiger charge is 2.47. The van der Waals surface area contributed by atoms with E-state index in [-0.39, 0.29) is 18.1 Å². The van der Waals surface area contributed by atoms with Crippen LogP contribution in [-0.2, 0) is 9.59 Å². The molecular formula is C24H19NO5S. The molecule has 3 heterocycles. The molecule has 156 valence electrons. The predicted octanol–water partition coefficient (Wildman–Crippen LogP) is 4.72. The van der Waals surface area contributed by atoms with Crippen LogP contribution in [0.15, 0.2) is 59.5 Å². The van der Waals surface area contributed by atoms with Gasteiger partial charge in [0.25, 0.3) is 11.7 Å². The molecule has 6 nitrogen and oxygen atoms in total. The maximum atomic E-state index is 13.1. The number of thiophene rings is 1. The topological polar surface area (TPSA) is 76.1 Å². The van der Waals surface area contributed by atoms with Gasteiger partial charge in [0.05, 0.1) is 5.57 Å². The highest BCUT2D eigenvalue weighted by atomic mass is 32.1. The third-order valence-electron chi connectivity index (χ3n) is 5.67. The van der Waals surface area contributed by atoms with Crippen LogP contribution in [0.4, 0.5) is 5.69 Å². The fourth-order valence-corrected chi connectivity index (χ4v) is 4.72. The minimum Gasteiger partial charge on any atom is -0.507 e. The average Bonchev–Trinajstić information content (AvgIpc) is 3.50. The Hall–Kier alpha value is -3.58. The van der Waals surface area contributed by atoms with E-state index in [1.54, 1.807) is 24.3 Å². The van der Waals surface area contributed by atoms with Crippen molar-refractivity contribution in [2.24, 2.45) is 0 Å². The molecule has 1 N–H and O–H groups in total. The van der Waals surface area contributed by atoms with E-state index in [0.29, 0.717) is 22.7 Å². The van der Waals surface area contributed by atoms with Gasteiger partial charge in [0.1, 0.15) is 11.8 Å². The Labute approximate surface area is 183 Å². The molecule has 1 fully saturated rings. The van der Waals surface area contributed by atoms with E-state index in [1.807, 2.05) is 43.5 Å². The summed E-state index contributed by atoms with van der Waals surface area (Å²) < 4.78 is 10.8. The maximum absolute atomic E-state index is 13.1. The van der Waals surface area contributed by atoms with Gasteiger partial charge in [-0.15, -0.1) is 11.3 Å². The molecule has 2 aromatic carbocycles. The third kappa shape index (κ3) is 3.09. The van der Waals surface area contributed by atoms with Crippen LogP contribution >= 0.6 is 11.3 Å². The number of aryl methyl sites for hydroxylation is 2. The van der Waals surface area contributed by atoms with Crippen molar-refractivity contribution in [3.8, 4) is 11.5 Å². The number of hydrogen-bond acceptors (Lipinski definition) is 6. The summed E-state index contributed by atoms with van der Waals surface area (Å²) in [7, 11) is 0. The van der Waals surface area contributed by atoms with Crippen LogP contribution in [0.1, 0.15) is 27.6 Å². The molecule has 0 aliphatic carbocycles. The molecule has 0 saturated carbocycles. The van der Waals surface area contributed by atoms with E-state index < -0.39 is 17.7 Å². The summed E-state index contributed by atoms with van der Waals surface area (Å²) in [6, 6.07) is 13.6. The number of hydrogen-bond donors (Lipinski definition) is 1. The lowest BCUT2D eigenvalue weighted by Gasteiger charge is -2.24. The number of rotatable bonds is 3. The Kier molecular flexibility index (Phi) is 4.55. The number of ether oxygens (including phenoxy) is 2. The standard InChI is InChI=1S/C24H19NO5S/c1-13-5-6-15(10-14(13)2)22(26)20-21(19-4-3-9-31-19)25(24(28)23(20)27)16-7-8-17-18(11-16)30-12-29-17/h3-11,21,26H,12H2,1-2H3/b22-20-. The number of amides is 1. The van der Waals surface area contributed by atoms with Gasteiger partial charge in [-0.1, -0.05) is 18.2 Å². The minimum atomic E-state index is -0.734. The van der Waals surface area contributed by atoms with Crippen LogP contribution in [0.5, 0.6) is 11.5 Å². The van der Waals surface area contributed by atoms with Gasteiger partial charge in [-0.25, -0.2) is 0 Å². The van der Waals surface area contributed by atoms with E-state index in [9.17, 15) is 14.7 Å². The first-order valence-corrected chi connectivity index (χ1v) is 10.7. The van der Waals surface area contributed by atoms with Gasteiger partial charge in [0.15, 0.2) is 11.5 Å². The first-order chi connectivity index (χ1) is 15.0. The third-order valence-corrected chi connectivity index (χ3v) is 6.60. The van der Waals surface area contributed by atoms with Crippen LogP contribution < -0.4 is 14.4 Å². The number of Topliss-reactive ketones (excluding diaryl/α,β-unsaturated/α-hetero) is 1. The number of benzene rings is 2. The van der Waals surface area contributed by atoms with E-state index >= 15 is 0 Å². The van der Waals surface area contributed by atoms with E-state index in [1.165, 1.54) is 16.2 Å². The number of aliphatic hydroxyl groups is 1. The molecule has 1 saturated heterocycles. The summed E-state index contributed by atoms with van der Waals surface area (Å²) in [5, 5.41) is 13.0. The number of anilines is 1. The monoisotopic (exact) mass is 433 g/mol. The van der Waals surface area contributed by atoms with Gasteiger partial charge in [0.2, 0.25) is 6.79 Å². The van der Waals surface area contributed by atoms with Crippen molar-refractivity contribution in [2.45, 2.75) is 19.9 Å². The van der Waals surface area contributed by atoms with Crippen LogP contribution in [0.3, 0.4) is 0 Å². The van der Waals surface area contributed by atoms with Crippen LogP contribution in [0.2, 0.25) is 0 Å². The van der Waals surface area contributed by atoms with Crippen LogP contribution in [0, 0.1) is 13.8 Å². The Bertz CT molecular complexity index is 1240. The first-order valence-electron chi connectivity index (χ1n) is 9.77. The molecule has 1 aromatic heterocycles. The number of aliphatic hydroxyl groups excluding tert-OH is 1. The smallest absolute Gasteiger partial charge is 0.300 e. The lowest BCUT2D eigenvalue weighted by molar-refractivity contribution is -0.132. The Balaban J connectivity index is 1.69. The molecule has 3 aromatic rings. The van der Waals surface area contributed by atoms with Gasteiger partial charge in [-0.05, 0) is 54.6 Å². The van der Waals surface area contributed by atoms with Crippen LogP contribution in [-0.4, -0.2) is 23.6 Å². The zero-order chi connectivity index (χ0) is 21.7. The number of fused-ring (bicyclic) bond motifs is 1. The van der Waals surface area contributed by atoms with E-state index in [4.69, 9.17) is 9.47 Å². The fraction of sp³-hybridized carbons (Fsp3) is 0.167. The zero-order valence-corrected chi connectivity index (χ0v) is 17.7. The molecule has 7 heteroatoms. The second-order valence-electron chi connectivity index (χ2n) is 7.52. The minimum absolute atomic E-state index is 0.0772. The normalized spacial score (nSPS) is 19.3. The van der Waals surface area contributed by atoms with Gasteiger partial charge < -0.3 is 14.6 Å². The maximum Gasteiger partial charge on any atom is 0.300 e. The van der Waals surface area contributed by atoms with Gasteiger partial charge >= 0.3 is 0 Å². The molecule has 1 atom stereocenters. The molecule has 1 unspecified atom stereocenters. The zero-order valence-electron chi connectivity index (χ0n) is 16.9. The largest absolute Gasteiger partial charge is 0.507 e. The summed E-state index contributed by atoms with van der Waals surface area (Å²) >= 11 is 1.42. The summed E-state index contributed by atoms with van der Waals surface area (Å²) in [4.78, 5) is 28.5. The van der Waals surface area contributed by atoms with Gasteiger partial charge in [-0.2, -0.15) is 0 Å². The summed E-state index contributed by atoms with van der Waals surface area (Å²) in [6.07, 6.45) is 0. The molecule has 0 radical (unpaired) electrons. The molecule has 1 amide bonds. The quantitative estimate of drug-likeness (QED) is 0.367. The van der Waals surface area contributed by atoms with Crippen molar-refractivity contribution in [1.82, 2.24) is 0 Å². The van der Waals surface area contributed by atoms with Crippen molar-refractivity contribution in [3.05, 3.63) is 81.1 Å². The SMILES string of the molecule is Cc1ccc(/C(O)=C2/C(=O)C(=O)N(c3ccc4c(c3)OCO4)C2c2cccs2)cc1C. The van der Waals surface area contributed by atoms with Crippen molar-refractivity contribution in [2.75, 3.05) is 11.7 Å². The molecule has 31 heavy (non-hydrogen) atoms. The highest BCUT2D eigenvalue weighted by Crippen LogP contribution is 2.45. The van der Waals surface area contributed by atoms with Gasteiger partial charge in [0, 0.05) is 22.2 Å². The molecule has 0 spiro atoms. The second kappa shape index (κ2) is 7.28. The number of ketones is 1. The fourth-order valence-electron chi connectivity index (χ4n) is 3.89. The first kappa shape index (κ1) is 19.4. The summed E-state index contributed by atoms with van der Waals surface area (Å²) in [6.45, 7) is 4.02. The predicted molar refractivity (Wildman–Crippen MR) is 118 cm³/mol. The Morgan fingerprint density at radius 3 is 2.58 bits per heavy atom. The second-order valence-corrected chi connectivity index (χ2v) is 8.50. The van der Waals surface area contributed by atoms with Crippen molar-refractivity contribution in [3.63, 3.8) is 0 Å². The Morgan fingerprint density at radius 2 is 1.84 bits per heavy atom. The molecular weight excluding hydrogens is 414 g/mol. The van der Waals surface area contributed by atoms with E-state index in [2.05, 4.69) is 0 Å². The molecule has 2 aliphatic heterocycles. The van der Waals surface area contributed by atoms with Crippen molar-refractivity contribution >= 4 is 34.5 Å². The summed E-state index contributed by atoms with van der Waals surface area (Å²) in [5.74, 6) is -0.487. The van der Waals surface area contributed by atoms with Crippen LogP contribution in [0.25, 0.3) is 5.76 Å². The molecule has 2 aliphatic rings. The number of carbonyl (C=O) groups excluding carboxylic acids is 2. The highest BCUT2D eigenvalue weighted by molar-refractivity contribution is 7.10. The lowest BCUT2D eigenvalue weighted by atomic mass is 9.97. The number of carbonyl (C=O) groups is 2. The lowest BCUT2D eigenvalue weighted by Crippen LogP contribution is -2.29.